The number of aliphatic hydroxyl groups excluding tert-OH is 1. The van der Waals surface area contributed by atoms with Crippen LogP contribution in [0.3, 0.4) is 0 Å². The summed E-state index contributed by atoms with van der Waals surface area (Å²) >= 11 is 3.89. The number of aliphatic hydroxyl groups is 1. The lowest BCUT2D eigenvalue weighted by Gasteiger charge is -2.13. The summed E-state index contributed by atoms with van der Waals surface area (Å²) in [6, 6.07) is 0. The highest BCUT2D eigenvalue weighted by molar-refractivity contribution is 9.10. The van der Waals surface area contributed by atoms with E-state index in [-0.39, 0.29) is 4.88 Å². The van der Waals surface area contributed by atoms with Gasteiger partial charge in [0, 0.05) is 4.47 Å². The summed E-state index contributed by atoms with van der Waals surface area (Å²) in [5.74, 6) is 0. The summed E-state index contributed by atoms with van der Waals surface area (Å²) in [5.41, 5.74) is 0.698. The zero-order valence-electron chi connectivity index (χ0n) is 6.52. The van der Waals surface area contributed by atoms with Gasteiger partial charge in [0.2, 0.25) is 0 Å². The Kier molecular flexibility index (Phi) is 3.04. The molecule has 0 aliphatic heterocycles. The Morgan fingerprint density at radius 2 is 2.08 bits per heavy atom. The van der Waals surface area contributed by atoms with E-state index in [1.54, 1.807) is 12.3 Å². The number of alkyl halides is 3. The minimum absolute atomic E-state index is 0.0926. The van der Waals surface area contributed by atoms with Gasteiger partial charge in [-0.3, -0.25) is 0 Å². The molecule has 0 bridgehead atoms. The van der Waals surface area contributed by atoms with E-state index < -0.39 is 12.3 Å². The summed E-state index contributed by atoms with van der Waals surface area (Å²) in [4.78, 5) is -0.0926. The first kappa shape index (κ1) is 11.0. The summed E-state index contributed by atoms with van der Waals surface area (Å²) in [6.45, 7) is 1.67. The van der Waals surface area contributed by atoms with Gasteiger partial charge in [-0.25, -0.2) is 0 Å². The lowest BCUT2D eigenvalue weighted by Crippen LogP contribution is -2.19. The molecule has 1 N–H and O–H groups in total. The normalized spacial score (nSPS) is 14.6. The molecule has 0 radical (unpaired) electrons. The Labute approximate surface area is 85.3 Å². The molecular weight excluding hydrogens is 269 g/mol. The zero-order valence-corrected chi connectivity index (χ0v) is 8.92. The van der Waals surface area contributed by atoms with Gasteiger partial charge >= 0.3 is 6.18 Å². The predicted octanol–water partition coefficient (Wildman–Crippen LogP) is 3.41. The lowest BCUT2D eigenvalue weighted by molar-refractivity contribution is -0.205. The highest BCUT2D eigenvalue weighted by Crippen LogP contribution is 2.40. The van der Waals surface area contributed by atoms with Crippen LogP contribution in [0.1, 0.15) is 16.5 Å². The predicted molar refractivity (Wildman–Crippen MR) is 47.8 cm³/mol. The van der Waals surface area contributed by atoms with Crippen LogP contribution in [-0.2, 0) is 0 Å². The van der Waals surface area contributed by atoms with E-state index in [0.29, 0.717) is 10.0 Å². The van der Waals surface area contributed by atoms with E-state index in [2.05, 4.69) is 15.9 Å². The van der Waals surface area contributed by atoms with Crippen LogP contribution in [0, 0.1) is 6.92 Å². The molecule has 13 heavy (non-hydrogen) atoms. The number of hydrogen-bond donors (Lipinski definition) is 1. The van der Waals surface area contributed by atoms with Crippen LogP contribution in [0.25, 0.3) is 0 Å². The van der Waals surface area contributed by atoms with Crippen LogP contribution in [0.4, 0.5) is 13.2 Å². The zero-order chi connectivity index (χ0) is 10.2. The van der Waals surface area contributed by atoms with Crippen LogP contribution in [0.2, 0.25) is 0 Å². The Balaban J connectivity index is 3.02. The van der Waals surface area contributed by atoms with Gasteiger partial charge in [-0.05, 0) is 33.8 Å². The molecule has 0 spiro atoms. The molecule has 1 unspecified atom stereocenters. The molecule has 0 aliphatic rings. The van der Waals surface area contributed by atoms with E-state index in [4.69, 9.17) is 5.11 Å². The van der Waals surface area contributed by atoms with Crippen molar-refractivity contribution in [3.63, 3.8) is 0 Å². The third-order valence-electron chi connectivity index (χ3n) is 1.48. The second-order valence-corrected chi connectivity index (χ2v) is 4.25. The number of rotatable bonds is 1. The van der Waals surface area contributed by atoms with E-state index in [1.807, 2.05) is 0 Å². The third-order valence-corrected chi connectivity index (χ3v) is 3.95. The smallest absolute Gasteiger partial charge is 0.379 e. The van der Waals surface area contributed by atoms with Gasteiger partial charge in [0.1, 0.15) is 0 Å². The SMILES string of the molecule is Cc1csc(C(O)C(F)(F)F)c1Br. The largest absolute Gasteiger partial charge is 0.419 e. The standard InChI is InChI=1S/C7H6BrF3OS/c1-3-2-13-5(4(3)8)6(12)7(9,10)11/h2,6,12H,1H3. The highest BCUT2D eigenvalue weighted by Gasteiger charge is 2.41. The first-order chi connectivity index (χ1) is 5.84. The molecule has 0 aliphatic carbocycles. The van der Waals surface area contributed by atoms with Crippen molar-refractivity contribution in [1.29, 1.82) is 0 Å². The topological polar surface area (TPSA) is 20.2 Å². The number of hydrogen-bond acceptors (Lipinski definition) is 2. The summed E-state index contributed by atoms with van der Waals surface area (Å²) < 4.78 is 36.5. The second-order valence-electron chi connectivity index (χ2n) is 2.54. The Hall–Kier alpha value is -0.0700. The van der Waals surface area contributed by atoms with Gasteiger partial charge in [0.15, 0.2) is 6.10 Å². The van der Waals surface area contributed by atoms with Gasteiger partial charge in [-0.2, -0.15) is 13.2 Å². The molecule has 0 saturated carbocycles. The quantitative estimate of drug-likeness (QED) is 0.832. The van der Waals surface area contributed by atoms with E-state index >= 15 is 0 Å². The maximum absolute atomic E-state index is 12.1. The van der Waals surface area contributed by atoms with Crippen molar-refractivity contribution in [2.75, 3.05) is 0 Å². The van der Waals surface area contributed by atoms with Crippen LogP contribution in [0.15, 0.2) is 9.85 Å². The Morgan fingerprint density at radius 1 is 1.54 bits per heavy atom. The van der Waals surface area contributed by atoms with Gasteiger partial charge in [-0.15, -0.1) is 11.3 Å². The van der Waals surface area contributed by atoms with Crippen molar-refractivity contribution in [3.8, 4) is 0 Å². The fourth-order valence-electron chi connectivity index (χ4n) is 0.783. The molecule has 1 aromatic heterocycles. The van der Waals surface area contributed by atoms with E-state index in [9.17, 15) is 13.2 Å². The molecule has 1 nitrogen and oxygen atoms in total. The maximum Gasteiger partial charge on any atom is 0.419 e. The van der Waals surface area contributed by atoms with Gasteiger partial charge in [0.25, 0.3) is 0 Å². The van der Waals surface area contributed by atoms with Crippen molar-refractivity contribution >= 4 is 27.3 Å². The van der Waals surface area contributed by atoms with E-state index in [0.717, 1.165) is 11.3 Å². The first-order valence-electron chi connectivity index (χ1n) is 3.32. The summed E-state index contributed by atoms with van der Waals surface area (Å²) in [6.07, 6.45) is -6.99. The number of halogens is 4. The Bertz CT molecular complexity index is 307. The van der Waals surface area contributed by atoms with Crippen LogP contribution in [-0.4, -0.2) is 11.3 Å². The molecule has 1 rings (SSSR count). The second kappa shape index (κ2) is 3.59. The van der Waals surface area contributed by atoms with Crippen LogP contribution in [0.5, 0.6) is 0 Å². The number of aryl methyl sites for hydroxylation is 1. The van der Waals surface area contributed by atoms with Crippen molar-refractivity contribution < 1.29 is 18.3 Å². The van der Waals surface area contributed by atoms with Gasteiger partial charge in [0.05, 0.1) is 4.88 Å². The molecule has 0 saturated heterocycles. The van der Waals surface area contributed by atoms with Crippen molar-refractivity contribution in [1.82, 2.24) is 0 Å². The Morgan fingerprint density at radius 3 is 2.38 bits per heavy atom. The molecule has 0 aromatic carbocycles. The average molecular weight is 275 g/mol. The van der Waals surface area contributed by atoms with Crippen molar-refractivity contribution in [2.45, 2.75) is 19.2 Å². The highest BCUT2D eigenvalue weighted by atomic mass is 79.9. The monoisotopic (exact) mass is 274 g/mol. The minimum Gasteiger partial charge on any atom is -0.379 e. The molecule has 1 atom stereocenters. The molecule has 74 valence electrons. The van der Waals surface area contributed by atoms with Crippen LogP contribution >= 0.6 is 27.3 Å². The van der Waals surface area contributed by atoms with Crippen molar-refractivity contribution in [3.05, 3.63) is 20.3 Å². The fraction of sp³-hybridized carbons (Fsp3) is 0.429. The molecule has 0 amide bonds. The van der Waals surface area contributed by atoms with Crippen molar-refractivity contribution in [2.24, 2.45) is 0 Å². The van der Waals surface area contributed by atoms with E-state index in [1.165, 1.54) is 0 Å². The average Bonchev–Trinajstić information content (AvgIpc) is 2.30. The molecule has 1 aromatic rings. The first-order valence-corrected chi connectivity index (χ1v) is 4.99. The maximum atomic E-state index is 12.1. The molecule has 6 heteroatoms. The molecular formula is C7H6BrF3OS. The third kappa shape index (κ3) is 2.24. The fourth-order valence-corrected chi connectivity index (χ4v) is 2.49. The minimum atomic E-state index is -4.60. The molecule has 0 fully saturated rings. The summed E-state index contributed by atoms with van der Waals surface area (Å²) in [7, 11) is 0. The summed E-state index contributed by atoms with van der Waals surface area (Å²) in [5, 5.41) is 10.5. The molecule has 1 heterocycles. The number of thiophene rings is 1. The van der Waals surface area contributed by atoms with Crippen LogP contribution < -0.4 is 0 Å². The lowest BCUT2D eigenvalue weighted by atomic mass is 10.2. The van der Waals surface area contributed by atoms with Gasteiger partial charge in [-0.1, -0.05) is 0 Å². The van der Waals surface area contributed by atoms with Gasteiger partial charge < -0.3 is 5.11 Å².